The molecule has 162 valence electrons. The Balaban J connectivity index is 1.46. The average Bonchev–Trinajstić information content (AvgIpc) is 3.24. The second-order valence-corrected chi connectivity index (χ2v) is 10.4. The number of sulfonamides is 1. The van der Waals surface area contributed by atoms with Gasteiger partial charge in [-0.05, 0) is 61.8 Å². The van der Waals surface area contributed by atoms with Crippen LogP contribution in [0.3, 0.4) is 0 Å². The Hall–Kier alpha value is -2.26. The lowest BCUT2D eigenvalue weighted by atomic mass is 9.99. The van der Waals surface area contributed by atoms with E-state index in [2.05, 4.69) is 24.0 Å². The highest BCUT2D eigenvalue weighted by molar-refractivity contribution is 7.89. The van der Waals surface area contributed by atoms with Crippen molar-refractivity contribution in [3.63, 3.8) is 0 Å². The first kappa shape index (κ1) is 21.0. The molecule has 2 saturated heterocycles. The minimum atomic E-state index is -3.51. The van der Waals surface area contributed by atoms with Crippen molar-refractivity contribution in [2.24, 2.45) is 11.8 Å². The summed E-state index contributed by atoms with van der Waals surface area (Å²) in [6.45, 7) is 6.82. The van der Waals surface area contributed by atoms with E-state index in [1.165, 1.54) is 0 Å². The van der Waals surface area contributed by atoms with E-state index in [0.29, 0.717) is 43.6 Å². The van der Waals surface area contributed by atoms with Crippen molar-refractivity contribution in [2.45, 2.75) is 44.4 Å². The molecule has 1 aromatic carbocycles. The molecule has 0 atom stereocenters. The van der Waals surface area contributed by atoms with Gasteiger partial charge in [0.15, 0.2) is 0 Å². The van der Waals surface area contributed by atoms with Gasteiger partial charge < -0.3 is 9.32 Å². The van der Waals surface area contributed by atoms with Gasteiger partial charge in [0.25, 0.3) is 0 Å². The Bertz CT molecular complexity index is 986. The maximum atomic E-state index is 12.9. The van der Waals surface area contributed by atoms with Gasteiger partial charge in [-0.25, -0.2) is 8.42 Å². The van der Waals surface area contributed by atoms with E-state index in [-0.39, 0.29) is 22.6 Å². The molecule has 2 fully saturated rings. The third-order valence-corrected chi connectivity index (χ3v) is 8.07. The zero-order chi connectivity index (χ0) is 21.3. The molecular formula is C21H28N4O4S. The van der Waals surface area contributed by atoms with Crippen molar-refractivity contribution < 1.29 is 17.6 Å². The predicted octanol–water partition coefficient (Wildman–Crippen LogP) is 3.03. The van der Waals surface area contributed by atoms with Gasteiger partial charge in [0.05, 0.1) is 4.90 Å². The summed E-state index contributed by atoms with van der Waals surface area (Å²) in [7, 11) is -3.51. The van der Waals surface area contributed by atoms with Crippen molar-refractivity contribution in [2.75, 3.05) is 26.2 Å². The number of carbonyl (C=O) groups excluding carboxylic acids is 1. The van der Waals surface area contributed by atoms with E-state index >= 15 is 0 Å². The Kier molecular flexibility index (Phi) is 5.92. The minimum absolute atomic E-state index is 0.0290. The van der Waals surface area contributed by atoms with E-state index in [1.807, 2.05) is 0 Å². The van der Waals surface area contributed by atoms with Gasteiger partial charge in [-0.15, -0.1) is 10.2 Å². The smallest absolute Gasteiger partial charge is 0.311 e. The number of amides is 1. The average molecular weight is 433 g/mol. The van der Waals surface area contributed by atoms with E-state index in [0.717, 1.165) is 25.7 Å². The normalized spacial score (nSPS) is 19.9. The van der Waals surface area contributed by atoms with Crippen LogP contribution in [0.25, 0.3) is 11.5 Å². The lowest BCUT2D eigenvalue weighted by Gasteiger charge is -2.29. The number of benzene rings is 1. The Labute approximate surface area is 177 Å². The number of nitrogens with zero attached hydrogens (tertiary/aromatic N) is 4. The van der Waals surface area contributed by atoms with E-state index < -0.39 is 10.0 Å². The highest BCUT2D eigenvalue weighted by Gasteiger charge is 2.29. The van der Waals surface area contributed by atoms with Gasteiger partial charge in [-0.2, -0.15) is 4.31 Å². The topological polar surface area (TPSA) is 96.6 Å². The molecule has 0 bridgehead atoms. The molecule has 0 saturated carbocycles. The molecule has 2 aromatic rings. The quantitative estimate of drug-likeness (QED) is 0.737. The molecule has 0 N–H and O–H groups in total. The summed E-state index contributed by atoms with van der Waals surface area (Å²) < 4.78 is 32.9. The fourth-order valence-electron chi connectivity index (χ4n) is 3.92. The number of hydrogen-bond acceptors (Lipinski definition) is 6. The Morgan fingerprint density at radius 3 is 2.10 bits per heavy atom. The summed E-state index contributed by atoms with van der Waals surface area (Å²) in [5.74, 6) is 1.11. The molecule has 3 heterocycles. The number of likely N-dealkylation sites (tertiary alicyclic amines) is 1. The van der Waals surface area contributed by atoms with Crippen LogP contribution in [0.5, 0.6) is 0 Å². The van der Waals surface area contributed by atoms with Gasteiger partial charge in [0, 0.05) is 31.7 Å². The lowest BCUT2D eigenvalue weighted by molar-refractivity contribution is 0.0657. The molecule has 0 unspecified atom stereocenters. The fraction of sp³-hybridized carbons (Fsp3) is 0.571. The number of rotatable bonds is 4. The zero-order valence-corrected chi connectivity index (χ0v) is 18.3. The molecule has 2 aliphatic heterocycles. The summed E-state index contributed by atoms with van der Waals surface area (Å²) in [6.07, 6.45) is 3.70. The predicted molar refractivity (Wildman–Crippen MR) is 111 cm³/mol. The maximum absolute atomic E-state index is 12.9. The van der Waals surface area contributed by atoms with Crippen LogP contribution in [0.15, 0.2) is 33.6 Å². The van der Waals surface area contributed by atoms with Crippen LogP contribution in [-0.2, 0) is 10.0 Å². The van der Waals surface area contributed by atoms with Crippen LogP contribution >= 0.6 is 0 Å². The monoisotopic (exact) mass is 432 g/mol. The van der Waals surface area contributed by atoms with Crippen LogP contribution in [0.1, 0.15) is 50.2 Å². The van der Waals surface area contributed by atoms with Crippen molar-refractivity contribution in [3.8, 4) is 11.5 Å². The SMILES string of the molecule is CC1CCN(C(=O)c2nnc(-c3ccc(S(=O)(=O)N4CCC(C)CC4)cc3)o2)CC1. The van der Waals surface area contributed by atoms with Crippen molar-refractivity contribution >= 4 is 15.9 Å². The number of piperidine rings is 2. The van der Waals surface area contributed by atoms with Crippen molar-refractivity contribution in [1.29, 1.82) is 0 Å². The molecule has 9 heteroatoms. The van der Waals surface area contributed by atoms with Crippen LogP contribution in [0, 0.1) is 11.8 Å². The van der Waals surface area contributed by atoms with Crippen molar-refractivity contribution in [3.05, 3.63) is 30.2 Å². The minimum Gasteiger partial charge on any atom is -0.412 e. The largest absolute Gasteiger partial charge is 0.412 e. The second kappa shape index (κ2) is 8.47. The zero-order valence-electron chi connectivity index (χ0n) is 17.5. The molecular weight excluding hydrogens is 404 g/mol. The molecule has 0 spiro atoms. The highest BCUT2D eigenvalue weighted by Crippen LogP contribution is 2.26. The standard InChI is InChI=1S/C21H28N4O4S/c1-15-7-11-24(12-8-15)21(26)20-23-22-19(29-20)17-3-5-18(6-4-17)30(27,28)25-13-9-16(2)10-14-25/h3-6,15-16H,7-14H2,1-2H3. The molecule has 0 aliphatic carbocycles. The molecule has 4 rings (SSSR count). The van der Waals surface area contributed by atoms with Crippen molar-refractivity contribution in [1.82, 2.24) is 19.4 Å². The van der Waals surface area contributed by atoms with Crippen LogP contribution < -0.4 is 0 Å². The Morgan fingerprint density at radius 2 is 1.50 bits per heavy atom. The first-order valence-electron chi connectivity index (χ1n) is 10.6. The third-order valence-electron chi connectivity index (χ3n) is 6.16. The van der Waals surface area contributed by atoms with Gasteiger partial charge in [-0.1, -0.05) is 13.8 Å². The van der Waals surface area contributed by atoms with Crippen LogP contribution in [0.2, 0.25) is 0 Å². The van der Waals surface area contributed by atoms with E-state index in [9.17, 15) is 13.2 Å². The Morgan fingerprint density at radius 1 is 0.933 bits per heavy atom. The van der Waals surface area contributed by atoms with E-state index in [4.69, 9.17) is 4.42 Å². The fourth-order valence-corrected chi connectivity index (χ4v) is 5.39. The molecule has 0 radical (unpaired) electrons. The van der Waals surface area contributed by atoms with Crippen LogP contribution in [-0.4, -0.2) is 59.9 Å². The lowest BCUT2D eigenvalue weighted by Crippen LogP contribution is -2.38. The first-order valence-corrected chi connectivity index (χ1v) is 12.0. The summed E-state index contributed by atoms with van der Waals surface area (Å²) in [6, 6.07) is 6.40. The number of carbonyl (C=O) groups is 1. The summed E-state index contributed by atoms with van der Waals surface area (Å²) >= 11 is 0. The molecule has 30 heavy (non-hydrogen) atoms. The summed E-state index contributed by atoms with van der Waals surface area (Å²) in [5, 5.41) is 7.89. The third kappa shape index (κ3) is 4.27. The van der Waals surface area contributed by atoms with Gasteiger partial charge in [0.1, 0.15) is 0 Å². The molecule has 2 aliphatic rings. The van der Waals surface area contributed by atoms with E-state index in [1.54, 1.807) is 33.5 Å². The van der Waals surface area contributed by atoms with Gasteiger partial charge >= 0.3 is 11.8 Å². The summed E-state index contributed by atoms with van der Waals surface area (Å²) in [4.78, 5) is 14.6. The second-order valence-electron chi connectivity index (χ2n) is 8.50. The van der Waals surface area contributed by atoms with Gasteiger partial charge in [0.2, 0.25) is 15.9 Å². The summed E-state index contributed by atoms with van der Waals surface area (Å²) in [5.41, 5.74) is 0.583. The molecule has 1 amide bonds. The number of aromatic nitrogens is 2. The van der Waals surface area contributed by atoms with Crippen LogP contribution in [0.4, 0.5) is 0 Å². The van der Waals surface area contributed by atoms with Gasteiger partial charge in [-0.3, -0.25) is 4.79 Å². The maximum Gasteiger partial charge on any atom is 0.311 e. The first-order chi connectivity index (χ1) is 14.3. The highest BCUT2D eigenvalue weighted by atomic mass is 32.2. The molecule has 8 nitrogen and oxygen atoms in total. The molecule has 1 aromatic heterocycles. The number of hydrogen-bond donors (Lipinski definition) is 0.